The molecule has 1 heterocycles. The van der Waals surface area contributed by atoms with Crippen molar-refractivity contribution in [2.75, 3.05) is 0 Å². The number of aryl methyl sites for hydroxylation is 2. The first-order valence-electron chi connectivity index (χ1n) is 13.2. The normalized spacial score (nSPS) is 16.8. The molecule has 0 aliphatic heterocycles. The number of benzene rings is 1. The Kier molecular flexibility index (Phi) is 10.0. The molecule has 0 saturated heterocycles. The summed E-state index contributed by atoms with van der Waals surface area (Å²) in [5.74, 6) is 2.62. The highest BCUT2D eigenvalue weighted by molar-refractivity contribution is 5.55. The van der Waals surface area contributed by atoms with Crippen molar-refractivity contribution in [1.29, 1.82) is 0 Å². The lowest BCUT2D eigenvalue weighted by Crippen LogP contribution is -2.19. The Labute approximate surface area is 191 Å². The molecule has 2 nitrogen and oxygen atoms in total. The molecule has 0 spiro atoms. The van der Waals surface area contributed by atoms with Gasteiger partial charge in [0.05, 0.1) is 0 Å². The predicted molar refractivity (Wildman–Crippen MR) is 133 cm³/mol. The third-order valence-corrected chi connectivity index (χ3v) is 7.24. The van der Waals surface area contributed by atoms with E-state index in [-0.39, 0.29) is 0 Å². The van der Waals surface area contributed by atoms with Crippen LogP contribution >= 0.6 is 0 Å². The molecule has 0 bridgehead atoms. The molecule has 2 aromatic rings. The quantitative estimate of drug-likeness (QED) is 0.304. The van der Waals surface area contributed by atoms with Gasteiger partial charge in [-0.3, -0.25) is 0 Å². The van der Waals surface area contributed by atoms with E-state index in [1.807, 2.05) is 0 Å². The number of nitrogens with zero attached hydrogens (tertiary/aromatic N) is 2. The first-order valence-corrected chi connectivity index (χ1v) is 13.2. The van der Waals surface area contributed by atoms with Crippen molar-refractivity contribution in [3.63, 3.8) is 0 Å². The number of aromatic nitrogens is 2. The van der Waals surface area contributed by atoms with Crippen LogP contribution in [0.2, 0.25) is 0 Å². The zero-order valence-corrected chi connectivity index (χ0v) is 20.3. The fraction of sp³-hybridized carbons (Fsp3) is 0.655. The molecule has 0 fully saturated rings. The summed E-state index contributed by atoms with van der Waals surface area (Å²) in [6, 6.07) is 8.98. The van der Waals surface area contributed by atoms with Crippen LogP contribution in [0.15, 0.2) is 30.5 Å². The van der Waals surface area contributed by atoms with Crippen LogP contribution in [0, 0.1) is 11.8 Å². The van der Waals surface area contributed by atoms with E-state index in [9.17, 15) is 0 Å². The van der Waals surface area contributed by atoms with Gasteiger partial charge in [0.25, 0.3) is 0 Å². The Morgan fingerprint density at radius 3 is 2.45 bits per heavy atom. The van der Waals surface area contributed by atoms with Gasteiger partial charge in [0.1, 0.15) is 0 Å². The van der Waals surface area contributed by atoms with E-state index in [2.05, 4.69) is 51.2 Å². The van der Waals surface area contributed by atoms with Gasteiger partial charge in [0.15, 0.2) is 5.82 Å². The second kappa shape index (κ2) is 13.0. The highest BCUT2D eigenvalue weighted by Crippen LogP contribution is 2.32. The fourth-order valence-corrected chi connectivity index (χ4v) is 5.13. The van der Waals surface area contributed by atoms with Crippen molar-refractivity contribution >= 4 is 0 Å². The molecule has 0 amide bonds. The van der Waals surface area contributed by atoms with Gasteiger partial charge >= 0.3 is 0 Å². The van der Waals surface area contributed by atoms with E-state index in [4.69, 9.17) is 9.97 Å². The molecule has 3 rings (SSSR count). The minimum absolute atomic E-state index is 0.820. The highest BCUT2D eigenvalue weighted by atomic mass is 14.9. The molecule has 0 radical (unpaired) electrons. The second-order valence-electron chi connectivity index (χ2n) is 9.79. The molecular formula is C29H44N2. The molecule has 1 aliphatic rings. The molecule has 2 unspecified atom stereocenters. The van der Waals surface area contributed by atoms with Gasteiger partial charge in [-0.25, -0.2) is 9.97 Å². The molecule has 170 valence electrons. The average Bonchev–Trinajstić information content (AvgIpc) is 2.81. The zero-order valence-electron chi connectivity index (χ0n) is 20.3. The highest BCUT2D eigenvalue weighted by Gasteiger charge is 2.23. The number of hydrogen-bond acceptors (Lipinski definition) is 2. The maximum atomic E-state index is 4.98. The third-order valence-electron chi connectivity index (χ3n) is 7.24. The standard InChI is InChI=1S/C29H44N2/c1-4-7-9-10-11-13-24-14-17-26(18-15-24)29-30-22-27-21-25(16-19-28(27)31-29)20-23(6-3)12-8-5-2/h14-15,17-18,22-23,25H,4-13,16,19-21H2,1-3H3. The first kappa shape index (κ1) is 24.0. The summed E-state index contributed by atoms with van der Waals surface area (Å²) in [7, 11) is 0. The molecule has 1 aromatic carbocycles. The molecule has 1 aliphatic carbocycles. The lowest BCUT2D eigenvalue weighted by atomic mass is 9.79. The van der Waals surface area contributed by atoms with Crippen molar-refractivity contribution in [3.05, 3.63) is 47.3 Å². The van der Waals surface area contributed by atoms with Crippen LogP contribution in [0.1, 0.15) is 108 Å². The van der Waals surface area contributed by atoms with E-state index in [1.54, 1.807) is 0 Å². The van der Waals surface area contributed by atoms with Crippen molar-refractivity contribution in [1.82, 2.24) is 9.97 Å². The number of hydrogen-bond donors (Lipinski definition) is 0. The summed E-state index contributed by atoms with van der Waals surface area (Å²) in [6.45, 7) is 6.95. The topological polar surface area (TPSA) is 25.8 Å². The fourth-order valence-electron chi connectivity index (χ4n) is 5.13. The van der Waals surface area contributed by atoms with E-state index < -0.39 is 0 Å². The van der Waals surface area contributed by atoms with Crippen LogP contribution in [0.5, 0.6) is 0 Å². The first-order chi connectivity index (χ1) is 15.2. The summed E-state index contributed by atoms with van der Waals surface area (Å²) in [6.07, 6.45) is 20.4. The number of unbranched alkanes of at least 4 members (excludes halogenated alkanes) is 5. The van der Waals surface area contributed by atoms with E-state index >= 15 is 0 Å². The van der Waals surface area contributed by atoms with Crippen molar-refractivity contribution in [2.45, 2.75) is 111 Å². The van der Waals surface area contributed by atoms with Gasteiger partial charge in [-0.1, -0.05) is 96.4 Å². The van der Waals surface area contributed by atoms with E-state index in [0.29, 0.717) is 0 Å². The maximum absolute atomic E-state index is 4.98. The van der Waals surface area contributed by atoms with E-state index in [1.165, 1.54) is 100 Å². The summed E-state index contributed by atoms with van der Waals surface area (Å²) in [5.41, 5.74) is 5.29. The molecule has 1 aromatic heterocycles. The number of rotatable bonds is 13. The van der Waals surface area contributed by atoms with Gasteiger partial charge in [-0.2, -0.15) is 0 Å². The summed E-state index contributed by atoms with van der Waals surface area (Å²) < 4.78 is 0. The Balaban J connectivity index is 1.55. The third kappa shape index (κ3) is 7.44. The van der Waals surface area contributed by atoms with Crippen LogP contribution < -0.4 is 0 Å². The Hall–Kier alpha value is -1.70. The lowest BCUT2D eigenvalue weighted by molar-refractivity contribution is 0.311. The summed E-state index contributed by atoms with van der Waals surface area (Å²) >= 11 is 0. The Bertz CT molecular complexity index is 765. The zero-order chi connectivity index (χ0) is 21.9. The Morgan fingerprint density at radius 1 is 0.935 bits per heavy atom. The van der Waals surface area contributed by atoms with Gasteiger partial charge < -0.3 is 0 Å². The lowest BCUT2D eigenvalue weighted by Gasteiger charge is -2.27. The van der Waals surface area contributed by atoms with Gasteiger partial charge in [-0.05, 0) is 61.5 Å². The van der Waals surface area contributed by atoms with Crippen LogP contribution in [0.3, 0.4) is 0 Å². The van der Waals surface area contributed by atoms with Crippen molar-refractivity contribution in [3.8, 4) is 11.4 Å². The van der Waals surface area contributed by atoms with Crippen LogP contribution in [-0.4, -0.2) is 9.97 Å². The summed E-state index contributed by atoms with van der Waals surface area (Å²) in [5, 5.41) is 0. The molecule has 2 heteroatoms. The van der Waals surface area contributed by atoms with Gasteiger partial charge in [0.2, 0.25) is 0 Å². The molecule has 0 N–H and O–H groups in total. The average molecular weight is 421 g/mol. The smallest absolute Gasteiger partial charge is 0.159 e. The maximum Gasteiger partial charge on any atom is 0.159 e. The van der Waals surface area contributed by atoms with Gasteiger partial charge in [-0.15, -0.1) is 0 Å². The van der Waals surface area contributed by atoms with Crippen LogP contribution in [-0.2, 0) is 19.3 Å². The van der Waals surface area contributed by atoms with Gasteiger partial charge in [0, 0.05) is 17.5 Å². The van der Waals surface area contributed by atoms with Crippen LogP contribution in [0.4, 0.5) is 0 Å². The molecule has 31 heavy (non-hydrogen) atoms. The monoisotopic (exact) mass is 420 g/mol. The van der Waals surface area contributed by atoms with Crippen molar-refractivity contribution in [2.24, 2.45) is 11.8 Å². The van der Waals surface area contributed by atoms with Crippen LogP contribution in [0.25, 0.3) is 11.4 Å². The number of fused-ring (bicyclic) bond motifs is 1. The van der Waals surface area contributed by atoms with E-state index in [0.717, 1.165) is 29.6 Å². The largest absolute Gasteiger partial charge is 0.236 e. The minimum Gasteiger partial charge on any atom is -0.236 e. The SMILES string of the molecule is CCCCCCCc1ccc(-c2ncc3c(n2)CCC(CC(CC)CCCC)C3)cc1. The minimum atomic E-state index is 0.820. The van der Waals surface area contributed by atoms with Crippen molar-refractivity contribution < 1.29 is 0 Å². The molecular weight excluding hydrogens is 376 g/mol. The Morgan fingerprint density at radius 2 is 1.71 bits per heavy atom. The predicted octanol–water partition coefficient (Wildman–Crippen LogP) is 8.37. The summed E-state index contributed by atoms with van der Waals surface area (Å²) in [4.78, 5) is 9.74. The second-order valence-corrected chi connectivity index (χ2v) is 9.79. The molecule has 2 atom stereocenters. The molecule has 0 saturated carbocycles.